The summed E-state index contributed by atoms with van der Waals surface area (Å²) in [4.78, 5) is 5.19. The number of fused-ring (bicyclic) bond motifs is 1. The molecule has 1 aromatic heterocycles. The Balaban J connectivity index is 1.92. The van der Waals surface area contributed by atoms with Gasteiger partial charge in [-0.2, -0.15) is 0 Å². The number of nitrogens with zero attached hydrogens (tertiary/aromatic N) is 1. The van der Waals surface area contributed by atoms with E-state index in [0.717, 1.165) is 17.6 Å². The number of rotatable bonds is 6. The van der Waals surface area contributed by atoms with Gasteiger partial charge in [-0.3, -0.25) is 0 Å². The van der Waals surface area contributed by atoms with Gasteiger partial charge in [0, 0.05) is 23.2 Å². The lowest BCUT2D eigenvalue weighted by Gasteiger charge is -2.18. The number of benzene rings is 2. The van der Waals surface area contributed by atoms with Gasteiger partial charge >= 0.3 is 0 Å². The third-order valence-electron chi connectivity index (χ3n) is 3.43. The standard InChI is InChI=1S/C18H17NOS/c1-19-12-11-17(18-10-5-13-21-18)20-16-9-4-7-14-6-2-3-8-15(14)16/h2-10,13,17H,1,11-12H2/t17-/m0/s1. The van der Waals surface area contributed by atoms with Crippen molar-refractivity contribution in [3.63, 3.8) is 0 Å². The summed E-state index contributed by atoms with van der Waals surface area (Å²) < 4.78 is 6.30. The third kappa shape index (κ3) is 3.14. The first-order chi connectivity index (χ1) is 10.4. The first kappa shape index (κ1) is 13.8. The predicted molar refractivity (Wildman–Crippen MR) is 90.7 cm³/mol. The zero-order chi connectivity index (χ0) is 14.5. The molecule has 0 saturated heterocycles. The second kappa shape index (κ2) is 6.55. The largest absolute Gasteiger partial charge is 0.484 e. The molecule has 0 spiro atoms. The Morgan fingerprint density at radius 3 is 2.71 bits per heavy atom. The molecule has 0 aliphatic carbocycles. The molecule has 0 unspecified atom stereocenters. The molecule has 106 valence electrons. The van der Waals surface area contributed by atoms with E-state index in [4.69, 9.17) is 4.74 Å². The summed E-state index contributed by atoms with van der Waals surface area (Å²) in [7, 11) is 0. The van der Waals surface area contributed by atoms with E-state index < -0.39 is 0 Å². The first-order valence-electron chi connectivity index (χ1n) is 6.99. The van der Waals surface area contributed by atoms with Crippen LogP contribution in [0.1, 0.15) is 17.4 Å². The van der Waals surface area contributed by atoms with E-state index in [-0.39, 0.29) is 6.10 Å². The van der Waals surface area contributed by atoms with Gasteiger partial charge < -0.3 is 9.73 Å². The Bertz CT molecular complexity index is 716. The molecule has 0 aliphatic heterocycles. The highest BCUT2D eigenvalue weighted by Gasteiger charge is 2.15. The summed E-state index contributed by atoms with van der Waals surface area (Å²) >= 11 is 1.72. The molecule has 3 rings (SSSR count). The van der Waals surface area contributed by atoms with E-state index in [1.807, 2.05) is 24.3 Å². The topological polar surface area (TPSA) is 21.6 Å². The number of hydrogen-bond acceptors (Lipinski definition) is 3. The molecule has 2 aromatic carbocycles. The second-order valence-electron chi connectivity index (χ2n) is 4.84. The van der Waals surface area contributed by atoms with Crippen LogP contribution in [0.4, 0.5) is 0 Å². The Kier molecular flexibility index (Phi) is 4.31. The smallest absolute Gasteiger partial charge is 0.135 e. The molecule has 3 aromatic rings. The molecule has 0 amide bonds. The molecule has 0 radical (unpaired) electrons. The van der Waals surface area contributed by atoms with Gasteiger partial charge in [-0.15, -0.1) is 11.3 Å². The fourth-order valence-electron chi connectivity index (χ4n) is 2.39. The summed E-state index contributed by atoms with van der Waals surface area (Å²) in [5.41, 5.74) is 0. The minimum absolute atomic E-state index is 0.0290. The molecular weight excluding hydrogens is 278 g/mol. The number of ether oxygens (including phenoxy) is 1. The van der Waals surface area contributed by atoms with Crippen LogP contribution in [0.3, 0.4) is 0 Å². The molecule has 0 saturated carbocycles. The van der Waals surface area contributed by atoms with Crippen molar-refractivity contribution in [2.45, 2.75) is 12.5 Å². The number of hydrogen-bond donors (Lipinski definition) is 0. The monoisotopic (exact) mass is 295 g/mol. The van der Waals surface area contributed by atoms with Gasteiger partial charge in [-0.1, -0.05) is 42.5 Å². The highest BCUT2D eigenvalue weighted by atomic mass is 32.1. The molecule has 0 aliphatic rings. The molecule has 0 N–H and O–H groups in total. The number of aliphatic imine (C=N–C) groups is 1. The van der Waals surface area contributed by atoms with Crippen molar-refractivity contribution in [2.75, 3.05) is 6.54 Å². The van der Waals surface area contributed by atoms with E-state index in [0.29, 0.717) is 6.54 Å². The van der Waals surface area contributed by atoms with Crippen molar-refractivity contribution >= 4 is 28.8 Å². The van der Waals surface area contributed by atoms with Crippen LogP contribution in [0, 0.1) is 0 Å². The van der Waals surface area contributed by atoms with Crippen LogP contribution in [0.5, 0.6) is 5.75 Å². The lowest BCUT2D eigenvalue weighted by molar-refractivity contribution is 0.204. The van der Waals surface area contributed by atoms with Gasteiger partial charge in [0.2, 0.25) is 0 Å². The molecule has 0 fully saturated rings. The van der Waals surface area contributed by atoms with Gasteiger partial charge in [0.05, 0.1) is 0 Å². The van der Waals surface area contributed by atoms with Crippen molar-refractivity contribution in [2.24, 2.45) is 4.99 Å². The lowest BCUT2D eigenvalue weighted by Crippen LogP contribution is -2.07. The van der Waals surface area contributed by atoms with E-state index in [1.165, 1.54) is 10.3 Å². The molecule has 21 heavy (non-hydrogen) atoms. The fraction of sp³-hybridized carbons (Fsp3) is 0.167. The minimum atomic E-state index is 0.0290. The maximum absolute atomic E-state index is 6.30. The highest BCUT2D eigenvalue weighted by molar-refractivity contribution is 7.10. The first-order valence-corrected chi connectivity index (χ1v) is 7.87. The summed E-state index contributed by atoms with van der Waals surface area (Å²) in [6.45, 7) is 4.27. The molecule has 1 atom stereocenters. The van der Waals surface area contributed by atoms with E-state index in [9.17, 15) is 0 Å². The average Bonchev–Trinajstić information content (AvgIpc) is 3.06. The van der Waals surface area contributed by atoms with Crippen LogP contribution >= 0.6 is 11.3 Å². The van der Waals surface area contributed by atoms with Crippen molar-refractivity contribution in [3.05, 3.63) is 64.9 Å². The minimum Gasteiger partial charge on any atom is -0.484 e. The Morgan fingerprint density at radius 2 is 1.90 bits per heavy atom. The zero-order valence-electron chi connectivity index (χ0n) is 11.7. The molecule has 0 bridgehead atoms. The Hall–Kier alpha value is -2.13. The average molecular weight is 295 g/mol. The van der Waals surface area contributed by atoms with Crippen molar-refractivity contribution in [1.29, 1.82) is 0 Å². The molecule has 2 nitrogen and oxygen atoms in total. The van der Waals surface area contributed by atoms with E-state index in [2.05, 4.69) is 47.4 Å². The highest BCUT2D eigenvalue weighted by Crippen LogP contribution is 2.32. The molecular formula is C18H17NOS. The van der Waals surface area contributed by atoms with Gasteiger partial charge in [0.15, 0.2) is 0 Å². The van der Waals surface area contributed by atoms with Crippen molar-refractivity contribution < 1.29 is 4.74 Å². The summed E-state index contributed by atoms with van der Waals surface area (Å²) in [6.07, 6.45) is 0.869. The summed E-state index contributed by atoms with van der Waals surface area (Å²) in [5.74, 6) is 0.926. The zero-order valence-corrected chi connectivity index (χ0v) is 12.6. The lowest BCUT2D eigenvalue weighted by atomic mass is 10.1. The fourth-order valence-corrected chi connectivity index (χ4v) is 3.18. The Morgan fingerprint density at radius 1 is 1.05 bits per heavy atom. The van der Waals surface area contributed by atoms with Gasteiger partial charge in [-0.05, 0) is 29.6 Å². The third-order valence-corrected chi connectivity index (χ3v) is 4.39. The normalized spacial score (nSPS) is 12.2. The maximum atomic E-state index is 6.30. The SMILES string of the molecule is C=NCC[C@H](Oc1cccc2ccccc12)c1cccs1. The van der Waals surface area contributed by atoms with Crippen LogP contribution in [0.2, 0.25) is 0 Å². The van der Waals surface area contributed by atoms with Gasteiger partial charge in [0.1, 0.15) is 11.9 Å². The summed E-state index contributed by atoms with van der Waals surface area (Å²) in [6, 6.07) is 18.6. The predicted octanol–water partition coefficient (Wildman–Crippen LogP) is 5.11. The van der Waals surface area contributed by atoms with Crippen LogP contribution in [0.25, 0.3) is 10.8 Å². The van der Waals surface area contributed by atoms with Gasteiger partial charge in [-0.25, -0.2) is 0 Å². The number of thiophene rings is 1. The van der Waals surface area contributed by atoms with E-state index in [1.54, 1.807) is 11.3 Å². The van der Waals surface area contributed by atoms with Crippen molar-refractivity contribution in [1.82, 2.24) is 0 Å². The van der Waals surface area contributed by atoms with E-state index >= 15 is 0 Å². The quantitative estimate of drug-likeness (QED) is 0.579. The van der Waals surface area contributed by atoms with Crippen molar-refractivity contribution in [3.8, 4) is 5.75 Å². The van der Waals surface area contributed by atoms with Gasteiger partial charge in [0.25, 0.3) is 0 Å². The summed E-state index contributed by atoms with van der Waals surface area (Å²) in [5, 5.41) is 4.42. The van der Waals surface area contributed by atoms with Crippen LogP contribution < -0.4 is 4.74 Å². The Labute approximate surface area is 128 Å². The van der Waals surface area contributed by atoms with Crippen LogP contribution in [-0.2, 0) is 0 Å². The maximum Gasteiger partial charge on any atom is 0.135 e. The molecule has 3 heteroatoms. The van der Waals surface area contributed by atoms with Crippen LogP contribution in [-0.4, -0.2) is 13.3 Å². The second-order valence-corrected chi connectivity index (χ2v) is 5.81. The molecule has 1 heterocycles. The van der Waals surface area contributed by atoms with Crippen LogP contribution in [0.15, 0.2) is 65.0 Å².